The second-order valence-corrected chi connectivity index (χ2v) is 5.62. The maximum atomic E-state index is 10.7. The fourth-order valence-corrected chi connectivity index (χ4v) is 2.38. The largest absolute Gasteiger partial charge is 0.481 e. The molecule has 2 rings (SSSR count). The fourth-order valence-electron chi connectivity index (χ4n) is 2.38. The average molecular weight is 261 g/mol. The van der Waals surface area contributed by atoms with Crippen molar-refractivity contribution >= 4 is 5.97 Å². The minimum atomic E-state index is -0.648. The molecular formula is C16H23NO2. The summed E-state index contributed by atoms with van der Waals surface area (Å²) in [5.41, 5.74) is 2.65. The van der Waals surface area contributed by atoms with Gasteiger partial charge in [-0.25, -0.2) is 0 Å². The zero-order chi connectivity index (χ0) is 13.8. The number of aliphatic carboxylic acids is 1. The molecule has 0 radical (unpaired) electrons. The predicted octanol–water partition coefficient (Wildman–Crippen LogP) is 3.01. The highest BCUT2D eigenvalue weighted by Crippen LogP contribution is 2.37. The van der Waals surface area contributed by atoms with Crippen LogP contribution in [0.2, 0.25) is 0 Å². The van der Waals surface area contributed by atoms with Crippen LogP contribution in [-0.4, -0.2) is 17.6 Å². The lowest BCUT2D eigenvalue weighted by Gasteiger charge is -2.10. The monoisotopic (exact) mass is 261 g/mol. The molecule has 0 amide bonds. The Bertz CT molecular complexity index is 427. The summed E-state index contributed by atoms with van der Waals surface area (Å²) in [7, 11) is 0. The molecule has 2 N–H and O–H groups in total. The first-order chi connectivity index (χ1) is 9.11. The maximum absolute atomic E-state index is 10.7. The van der Waals surface area contributed by atoms with Crippen LogP contribution in [0.1, 0.15) is 43.7 Å². The Balaban J connectivity index is 1.73. The number of nitrogens with one attached hydrogen (secondary N) is 1. The van der Waals surface area contributed by atoms with Crippen LogP contribution in [0.15, 0.2) is 24.3 Å². The highest BCUT2D eigenvalue weighted by atomic mass is 16.4. The quantitative estimate of drug-likeness (QED) is 0.793. The van der Waals surface area contributed by atoms with Gasteiger partial charge in [-0.2, -0.15) is 0 Å². The van der Waals surface area contributed by atoms with E-state index in [1.165, 1.54) is 11.1 Å². The minimum absolute atomic E-state index is 0.111. The van der Waals surface area contributed by atoms with E-state index in [1.807, 2.05) is 0 Å². The second kappa shape index (κ2) is 6.20. The number of carboxylic acid groups (broad SMARTS) is 1. The first-order valence-corrected chi connectivity index (χ1v) is 7.14. The van der Waals surface area contributed by atoms with Crippen molar-refractivity contribution in [2.75, 3.05) is 6.54 Å². The van der Waals surface area contributed by atoms with E-state index in [0.717, 1.165) is 25.9 Å². The normalized spacial score (nSPS) is 23.1. The molecule has 0 spiro atoms. The highest BCUT2D eigenvalue weighted by molar-refractivity contribution is 5.73. The lowest BCUT2D eigenvalue weighted by molar-refractivity contribution is -0.138. The van der Waals surface area contributed by atoms with Gasteiger partial charge >= 0.3 is 5.97 Å². The molecule has 1 saturated carbocycles. The van der Waals surface area contributed by atoms with Crippen molar-refractivity contribution in [3.05, 3.63) is 35.4 Å². The topological polar surface area (TPSA) is 49.3 Å². The Morgan fingerprint density at radius 1 is 1.42 bits per heavy atom. The summed E-state index contributed by atoms with van der Waals surface area (Å²) in [6.07, 6.45) is 1.99. The van der Waals surface area contributed by atoms with Gasteiger partial charge in [-0.05, 0) is 42.3 Å². The summed E-state index contributed by atoms with van der Waals surface area (Å²) in [4.78, 5) is 10.7. The van der Waals surface area contributed by atoms with Gasteiger partial charge in [0.15, 0.2) is 0 Å². The second-order valence-electron chi connectivity index (χ2n) is 5.62. The molecule has 3 heteroatoms. The SMILES string of the molecule is CCC(C)c1ccc(CNCC2CC2C(=O)O)cc1. The number of carbonyl (C=O) groups is 1. The van der Waals surface area contributed by atoms with Crippen LogP contribution in [-0.2, 0) is 11.3 Å². The molecule has 0 heterocycles. The molecule has 1 aliphatic rings. The molecule has 0 aliphatic heterocycles. The van der Waals surface area contributed by atoms with E-state index in [1.54, 1.807) is 0 Å². The molecule has 1 fully saturated rings. The van der Waals surface area contributed by atoms with E-state index in [9.17, 15) is 4.79 Å². The predicted molar refractivity (Wildman–Crippen MR) is 76.1 cm³/mol. The molecule has 19 heavy (non-hydrogen) atoms. The molecule has 3 nitrogen and oxygen atoms in total. The molecule has 0 aromatic heterocycles. The van der Waals surface area contributed by atoms with Gasteiger partial charge in [0.2, 0.25) is 0 Å². The minimum Gasteiger partial charge on any atom is -0.481 e. The summed E-state index contributed by atoms with van der Waals surface area (Å²) in [6, 6.07) is 8.72. The first-order valence-electron chi connectivity index (χ1n) is 7.14. The Labute approximate surface area is 115 Å². The van der Waals surface area contributed by atoms with Gasteiger partial charge in [0.05, 0.1) is 5.92 Å². The van der Waals surface area contributed by atoms with Gasteiger partial charge in [-0.3, -0.25) is 4.79 Å². The van der Waals surface area contributed by atoms with Crippen LogP contribution in [0, 0.1) is 11.8 Å². The third kappa shape index (κ3) is 3.80. The van der Waals surface area contributed by atoms with Crippen molar-refractivity contribution in [2.24, 2.45) is 11.8 Å². The molecule has 1 aromatic carbocycles. The fraction of sp³-hybridized carbons (Fsp3) is 0.562. The van der Waals surface area contributed by atoms with Gasteiger partial charge in [-0.15, -0.1) is 0 Å². The molecule has 0 saturated heterocycles. The van der Waals surface area contributed by atoms with Crippen molar-refractivity contribution in [3.8, 4) is 0 Å². The van der Waals surface area contributed by atoms with Crippen LogP contribution in [0.3, 0.4) is 0 Å². The highest BCUT2D eigenvalue weighted by Gasteiger charge is 2.42. The molecule has 3 unspecified atom stereocenters. The van der Waals surface area contributed by atoms with Crippen molar-refractivity contribution in [1.82, 2.24) is 5.32 Å². The van der Waals surface area contributed by atoms with Gasteiger partial charge in [0.1, 0.15) is 0 Å². The summed E-state index contributed by atoms with van der Waals surface area (Å²) in [6.45, 7) is 6.08. The maximum Gasteiger partial charge on any atom is 0.306 e. The van der Waals surface area contributed by atoms with E-state index in [2.05, 4.69) is 43.4 Å². The van der Waals surface area contributed by atoms with E-state index in [0.29, 0.717) is 11.8 Å². The third-order valence-corrected chi connectivity index (χ3v) is 4.14. The summed E-state index contributed by atoms with van der Waals surface area (Å²) < 4.78 is 0. The Morgan fingerprint density at radius 2 is 2.11 bits per heavy atom. The number of rotatable bonds is 7. The Kier molecular flexibility index (Phi) is 4.59. The van der Waals surface area contributed by atoms with Gasteiger partial charge < -0.3 is 10.4 Å². The molecular weight excluding hydrogens is 238 g/mol. The third-order valence-electron chi connectivity index (χ3n) is 4.14. The summed E-state index contributed by atoms with van der Waals surface area (Å²) in [5.74, 6) is 0.187. The van der Waals surface area contributed by atoms with E-state index >= 15 is 0 Å². The summed E-state index contributed by atoms with van der Waals surface area (Å²) >= 11 is 0. The smallest absolute Gasteiger partial charge is 0.306 e. The van der Waals surface area contributed by atoms with Gasteiger partial charge in [0.25, 0.3) is 0 Å². The molecule has 1 aliphatic carbocycles. The Hall–Kier alpha value is -1.35. The number of hydrogen-bond acceptors (Lipinski definition) is 2. The summed E-state index contributed by atoms with van der Waals surface area (Å²) in [5, 5.41) is 12.2. The average Bonchev–Trinajstić information content (AvgIpc) is 3.18. The molecule has 104 valence electrons. The van der Waals surface area contributed by atoms with E-state index < -0.39 is 5.97 Å². The van der Waals surface area contributed by atoms with Crippen LogP contribution < -0.4 is 5.32 Å². The number of benzene rings is 1. The first kappa shape index (κ1) is 14.1. The molecule has 3 atom stereocenters. The lowest BCUT2D eigenvalue weighted by atomic mass is 9.98. The number of hydrogen-bond donors (Lipinski definition) is 2. The van der Waals surface area contributed by atoms with Gasteiger partial charge in [0, 0.05) is 6.54 Å². The van der Waals surface area contributed by atoms with Crippen molar-refractivity contribution in [1.29, 1.82) is 0 Å². The molecule has 1 aromatic rings. The van der Waals surface area contributed by atoms with Crippen LogP contribution >= 0.6 is 0 Å². The van der Waals surface area contributed by atoms with Crippen LogP contribution in [0.25, 0.3) is 0 Å². The Morgan fingerprint density at radius 3 is 2.63 bits per heavy atom. The number of carboxylic acids is 1. The van der Waals surface area contributed by atoms with Crippen LogP contribution in [0.5, 0.6) is 0 Å². The van der Waals surface area contributed by atoms with Crippen molar-refractivity contribution in [3.63, 3.8) is 0 Å². The van der Waals surface area contributed by atoms with Crippen molar-refractivity contribution < 1.29 is 9.90 Å². The zero-order valence-electron chi connectivity index (χ0n) is 11.7. The van der Waals surface area contributed by atoms with Crippen molar-refractivity contribution in [2.45, 2.75) is 39.2 Å². The van der Waals surface area contributed by atoms with Crippen LogP contribution in [0.4, 0.5) is 0 Å². The van der Waals surface area contributed by atoms with E-state index in [-0.39, 0.29) is 5.92 Å². The van der Waals surface area contributed by atoms with Gasteiger partial charge in [-0.1, -0.05) is 38.1 Å². The lowest BCUT2D eigenvalue weighted by Crippen LogP contribution is -2.18. The molecule has 0 bridgehead atoms. The zero-order valence-corrected chi connectivity index (χ0v) is 11.7. The van der Waals surface area contributed by atoms with E-state index in [4.69, 9.17) is 5.11 Å². The standard InChI is InChI=1S/C16H23NO2/c1-3-11(2)13-6-4-12(5-7-13)9-17-10-14-8-15(14)16(18)19/h4-7,11,14-15,17H,3,8-10H2,1-2H3,(H,18,19).